The average Bonchev–Trinajstić information content (AvgIpc) is 2.81. The molecule has 3 rings (SSSR count). The highest BCUT2D eigenvalue weighted by molar-refractivity contribution is 5.91. The fourth-order valence-electron chi connectivity index (χ4n) is 3.15. The SMILES string of the molecule is COc1nc(CNC(=O)/C=C/c2ccc(OC)c(OC)c2)nc(N2CCCCC2)n1. The van der Waals surface area contributed by atoms with Gasteiger partial charge in [0.15, 0.2) is 17.3 Å². The van der Waals surface area contributed by atoms with Gasteiger partial charge < -0.3 is 24.4 Å². The smallest absolute Gasteiger partial charge is 0.321 e. The molecule has 1 N–H and O–H groups in total. The summed E-state index contributed by atoms with van der Waals surface area (Å²) in [5, 5.41) is 2.79. The molecular formula is C21H27N5O4. The van der Waals surface area contributed by atoms with Crippen molar-refractivity contribution < 1.29 is 19.0 Å². The van der Waals surface area contributed by atoms with Gasteiger partial charge in [-0.05, 0) is 43.0 Å². The van der Waals surface area contributed by atoms with Gasteiger partial charge in [0.25, 0.3) is 0 Å². The van der Waals surface area contributed by atoms with Crippen molar-refractivity contribution in [3.05, 3.63) is 35.7 Å². The van der Waals surface area contributed by atoms with Crippen molar-refractivity contribution >= 4 is 17.9 Å². The minimum absolute atomic E-state index is 0.175. The molecule has 1 aromatic heterocycles. The summed E-state index contributed by atoms with van der Waals surface area (Å²) < 4.78 is 15.7. The van der Waals surface area contributed by atoms with Gasteiger partial charge in [0.05, 0.1) is 27.9 Å². The number of methoxy groups -OCH3 is 3. The lowest BCUT2D eigenvalue weighted by Crippen LogP contribution is -2.32. The maximum absolute atomic E-state index is 12.2. The molecule has 1 amide bonds. The molecule has 1 aliphatic heterocycles. The second-order valence-electron chi connectivity index (χ2n) is 6.75. The predicted octanol–water partition coefficient (Wildman–Crippen LogP) is 2.22. The fraction of sp³-hybridized carbons (Fsp3) is 0.429. The third-order valence-corrected chi connectivity index (χ3v) is 4.73. The van der Waals surface area contributed by atoms with Crippen LogP contribution >= 0.6 is 0 Å². The lowest BCUT2D eigenvalue weighted by atomic mass is 10.1. The molecule has 30 heavy (non-hydrogen) atoms. The summed E-state index contributed by atoms with van der Waals surface area (Å²) in [4.78, 5) is 27.4. The Labute approximate surface area is 176 Å². The van der Waals surface area contributed by atoms with Gasteiger partial charge in [0.1, 0.15) is 0 Å². The van der Waals surface area contributed by atoms with E-state index in [1.165, 1.54) is 19.6 Å². The number of rotatable bonds is 8. The van der Waals surface area contributed by atoms with Crippen molar-refractivity contribution in [1.82, 2.24) is 20.3 Å². The number of ether oxygens (including phenoxy) is 3. The molecule has 1 saturated heterocycles. The average molecular weight is 413 g/mol. The van der Waals surface area contributed by atoms with E-state index in [9.17, 15) is 4.79 Å². The Morgan fingerprint density at radius 3 is 2.50 bits per heavy atom. The lowest BCUT2D eigenvalue weighted by molar-refractivity contribution is -0.116. The van der Waals surface area contributed by atoms with Gasteiger partial charge in [-0.25, -0.2) is 0 Å². The maximum Gasteiger partial charge on any atom is 0.321 e. The highest BCUT2D eigenvalue weighted by Gasteiger charge is 2.16. The standard InChI is InChI=1S/C21H27N5O4/c1-28-16-9-7-15(13-17(16)29-2)8-10-19(27)22-14-18-23-20(25-21(24-18)30-3)26-11-5-4-6-12-26/h7-10,13H,4-6,11-12,14H2,1-3H3,(H,22,27)/b10-8+. The van der Waals surface area contributed by atoms with E-state index in [0.29, 0.717) is 23.3 Å². The van der Waals surface area contributed by atoms with Crippen LogP contribution in [0.25, 0.3) is 6.08 Å². The Morgan fingerprint density at radius 1 is 1.03 bits per heavy atom. The van der Waals surface area contributed by atoms with Crippen molar-refractivity contribution in [1.29, 1.82) is 0 Å². The van der Waals surface area contributed by atoms with Gasteiger partial charge in [0, 0.05) is 19.2 Å². The minimum atomic E-state index is -0.260. The number of aromatic nitrogens is 3. The molecule has 1 fully saturated rings. The highest BCUT2D eigenvalue weighted by atomic mass is 16.5. The first-order valence-electron chi connectivity index (χ1n) is 9.84. The van der Waals surface area contributed by atoms with Crippen molar-refractivity contribution in [3.63, 3.8) is 0 Å². The molecule has 0 saturated carbocycles. The van der Waals surface area contributed by atoms with Crippen molar-refractivity contribution in [2.45, 2.75) is 25.8 Å². The highest BCUT2D eigenvalue weighted by Crippen LogP contribution is 2.27. The Morgan fingerprint density at radius 2 is 1.80 bits per heavy atom. The van der Waals surface area contributed by atoms with E-state index in [2.05, 4.69) is 25.2 Å². The molecule has 0 spiro atoms. The number of anilines is 1. The number of carbonyl (C=O) groups excluding carboxylic acids is 1. The van der Waals surface area contributed by atoms with Gasteiger partial charge >= 0.3 is 6.01 Å². The number of carbonyl (C=O) groups is 1. The normalized spacial score (nSPS) is 13.9. The summed E-state index contributed by atoms with van der Waals surface area (Å²) in [6.45, 7) is 1.99. The molecule has 0 aliphatic carbocycles. The molecule has 9 nitrogen and oxygen atoms in total. The third kappa shape index (κ3) is 5.59. The molecular weight excluding hydrogens is 386 g/mol. The Balaban J connectivity index is 1.63. The third-order valence-electron chi connectivity index (χ3n) is 4.73. The summed E-state index contributed by atoms with van der Waals surface area (Å²) in [6, 6.07) is 5.67. The van der Waals surface area contributed by atoms with Crippen LogP contribution in [0.5, 0.6) is 17.5 Å². The molecule has 160 valence electrons. The first-order valence-corrected chi connectivity index (χ1v) is 9.84. The van der Waals surface area contributed by atoms with Crippen LogP contribution in [0, 0.1) is 0 Å². The molecule has 1 aliphatic rings. The summed E-state index contributed by atoms with van der Waals surface area (Å²) in [7, 11) is 4.66. The number of piperidine rings is 1. The first-order chi connectivity index (χ1) is 14.6. The van der Waals surface area contributed by atoms with Gasteiger partial charge in [-0.3, -0.25) is 4.79 Å². The van der Waals surface area contributed by atoms with Crippen molar-refractivity contribution in [2.24, 2.45) is 0 Å². The maximum atomic E-state index is 12.2. The van der Waals surface area contributed by atoms with Crippen LogP contribution in [-0.2, 0) is 11.3 Å². The predicted molar refractivity (Wildman–Crippen MR) is 113 cm³/mol. The molecule has 2 aromatic rings. The quantitative estimate of drug-likeness (QED) is 0.658. The second-order valence-corrected chi connectivity index (χ2v) is 6.75. The lowest BCUT2D eigenvalue weighted by Gasteiger charge is -2.26. The van der Waals surface area contributed by atoms with Crippen LogP contribution in [0.2, 0.25) is 0 Å². The van der Waals surface area contributed by atoms with E-state index < -0.39 is 0 Å². The number of nitrogens with one attached hydrogen (secondary N) is 1. The molecule has 2 heterocycles. The van der Waals surface area contributed by atoms with Gasteiger partial charge in [-0.15, -0.1) is 0 Å². The molecule has 0 radical (unpaired) electrons. The summed E-state index contributed by atoms with van der Waals surface area (Å²) in [6.07, 6.45) is 6.59. The van der Waals surface area contributed by atoms with Crippen LogP contribution in [0.3, 0.4) is 0 Å². The number of hydrogen-bond acceptors (Lipinski definition) is 8. The van der Waals surface area contributed by atoms with Crippen LogP contribution < -0.4 is 24.4 Å². The van der Waals surface area contributed by atoms with E-state index in [1.54, 1.807) is 32.4 Å². The zero-order valence-electron chi connectivity index (χ0n) is 17.6. The molecule has 0 atom stereocenters. The van der Waals surface area contributed by atoms with Crippen LogP contribution in [0.1, 0.15) is 30.7 Å². The van der Waals surface area contributed by atoms with Crippen LogP contribution in [0.4, 0.5) is 5.95 Å². The Bertz CT molecular complexity index is 897. The Hall–Kier alpha value is -3.36. The van der Waals surface area contributed by atoms with E-state index in [4.69, 9.17) is 14.2 Å². The number of nitrogens with zero attached hydrogens (tertiary/aromatic N) is 4. The van der Waals surface area contributed by atoms with Gasteiger partial charge in [0.2, 0.25) is 11.9 Å². The van der Waals surface area contributed by atoms with E-state index in [0.717, 1.165) is 31.5 Å². The molecule has 1 aromatic carbocycles. The largest absolute Gasteiger partial charge is 0.493 e. The van der Waals surface area contributed by atoms with E-state index in [-0.39, 0.29) is 18.5 Å². The van der Waals surface area contributed by atoms with E-state index >= 15 is 0 Å². The minimum Gasteiger partial charge on any atom is -0.493 e. The molecule has 9 heteroatoms. The molecule has 0 unspecified atom stereocenters. The van der Waals surface area contributed by atoms with Crippen LogP contribution in [-0.4, -0.2) is 55.3 Å². The van der Waals surface area contributed by atoms with Crippen LogP contribution in [0.15, 0.2) is 24.3 Å². The summed E-state index contributed by atoms with van der Waals surface area (Å²) in [5.41, 5.74) is 0.817. The number of hydrogen-bond donors (Lipinski definition) is 1. The summed E-state index contributed by atoms with van der Waals surface area (Å²) in [5.74, 6) is 2.01. The number of benzene rings is 1. The van der Waals surface area contributed by atoms with E-state index in [1.807, 2.05) is 6.07 Å². The summed E-state index contributed by atoms with van der Waals surface area (Å²) >= 11 is 0. The van der Waals surface area contributed by atoms with Gasteiger partial charge in [-0.1, -0.05) is 6.07 Å². The monoisotopic (exact) mass is 413 g/mol. The zero-order chi connectivity index (χ0) is 21.3. The topological polar surface area (TPSA) is 98.7 Å². The fourth-order valence-corrected chi connectivity index (χ4v) is 3.15. The Kier molecular flexibility index (Phi) is 7.42. The van der Waals surface area contributed by atoms with Crippen molar-refractivity contribution in [2.75, 3.05) is 39.3 Å². The number of amides is 1. The second kappa shape index (κ2) is 10.4. The zero-order valence-corrected chi connectivity index (χ0v) is 17.6. The molecule has 0 bridgehead atoms. The first kappa shape index (κ1) is 21.4. The van der Waals surface area contributed by atoms with Crippen molar-refractivity contribution in [3.8, 4) is 17.5 Å². The van der Waals surface area contributed by atoms with Gasteiger partial charge in [-0.2, -0.15) is 15.0 Å².